The van der Waals surface area contributed by atoms with Gasteiger partial charge in [0.1, 0.15) is 0 Å². The summed E-state index contributed by atoms with van der Waals surface area (Å²) in [4.78, 5) is 12.0. The molecule has 0 bridgehead atoms. The first-order chi connectivity index (χ1) is 10.9. The third-order valence-corrected chi connectivity index (χ3v) is 5.16. The van der Waals surface area contributed by atoms with Gasteiger partial charge in [-0.3, -0.25) is 4.79 Å². The lowest BCUT2D eigenvalue weighted by Crippen LogP contribution is -2.39. The second-order valence-electron chi connectivity index (χ2n) is 7.32. The van der Waals surface area contributed by atoms with Gasteiger partial charge in [0.05, 0.1) is 23.7 Å². The second-order valence-corrected chi connectivity index (χ2v) is 8.78. The summed E-state index contributed by atoms with van der Waals surface area (Å²) in [5, 5.41) is 15.0. The molecule has 2 N–H and O–H groups in total. The van der Waals surface area contributed by atoms with Crippen molar-refractivity contribution in [2.45, 2.75) is 56.7 Å². The van der Waals surface area contributed by atoms with Crippen molar-refractivity contribution in [3.8, 4) is 0 Å². The lowest BCUT2D eigenvalue weighted by molar-refractivity contribution is -0.148. The summed E-state index contributed by atoms with van der Waals surface area (Å²) < 4.78 is 74.8. The molecule has 0 aliphatic heterocycles. The van der Waals surface area contributed by atoms with Crippen molar-refractivity contribution >= 4 is 16.1 Å². The number of esters is 1. The summed E-state index contributed by atoms with van der Waals surface area (Å²) in [6.45, 7) is 4.85. The highest BCUT2D eigenvalue weighted by atomic mass is 32.2. The number of ether oxygens (including phenoxy) is 1. The summed E-state index contributed by atoms with van der Waals surface area (Å²) in [5.41, 5.74) is -2.64. The van der Waals surface area contributed by atoms with E-state index >= 15 is 0 Å². The fourth-order valence-corrected chi connectivity index (χ4v) is 3.48. The van der Waals surface area contributed by atoms with Crippen LogP contribution in [0.25, 0.3) is 0 Å². The minimum absolute atomic E-state index is 0.648. The van der Waals surface area contributed by atoms with Crippen molar-refractivity contribution in [1.29, 1.82) is 0 Å². The largest absolute Gasteiger partial charge is 0.743 e. The first kappa shape index (κ1) is 22.1. The Hall–Kier alpha value is -0.910. The molecule has 7 nitrogen and oxygen atoms in total. The molecule has 148 valence electrons. The third kappa shape index (κ3) is 4.83. The topological polar surface area (TPSA) is 124 Å². The van der Waals surface area contributed by atoms with Crippen molar-refractivity contribution in [1.82, 2.24) is 0 Å². The molecule has 0 aromatic carbocycles. The van der Waals surface area contributed by atoms with E-state index in [2.05, 4.69) is 4.74 Å². The first-order valence-electron chi connectivity index (χ1n) is 7.51. The number of hydrogen-bond acceptors (Lipinski definition) is 7. The van der Waals surface area contributed by atoms with Gasteiger partial charge in [0, 0.05) is 18.3 Å². The predicted molar refractivity (Wildman–Crippen MR) is 78.2 cm³/mol. The second kappa shape index (κ2) is 6.67. The van der Waals surface area contributed by atoms with E-state index in [1.807, 2.05) is 0 Å². The predicted octanol–water partition coefficient (Wildman–Crippen LogP) is 0.800. The minimum atomic E-state index is -6.18. The average Bonchev–Trinajstić information content (AvgIpc) is 3.11. The molecule has 3 unspecified atom stereocenters. The Morgan fingerprint density at radius 3 is 1.88 bits per heavy atom. The summed E-state index contributed by atoms with van der Waals surface area (Å²) in [6, 6.07) is 0. The summed E-state index contributed by atoms with van der Waals surface area (Å²) in [7, 11) is -6.18. The van der Waals surface area contributed by atoms with E-state index in [1.165, 1.54) is 27.7 Å². The van der Waals surface area contributed by atoms with Crippen LogP contribution in [0.4, 0.5) is 13.2 Å². The molecule has 0 amide bonds. The molecule has 0 aromatic rings. The molecule has 0 heterocycles. The third-order valence-electron chi connectivity index (χ3n) is 4.24. The van der Waals surface area contributed by atoms with Crippen molar-refractivity contribution < 1.29 is 45.9 Å². The van der Waals surface area contributed by atoms with Gasteiger partial charge in [-0.2, -0.15) is 8.78 Å². The minimum Gasteiger partial charge on any atom is -0.743 e. The number of carbonyl (C=O) groups excluding carboxylic acids is 1. The van der Waals surface area contributed by atoms with E-state index in [9.17, 15) is 41.1 Å². The Labute approximate surface area is 143 Å². The molecule has 0 spiro atoms. The van der Waals surface area contributed by atoms with Crippen molar-refractivity contribution in [2.24, 2.45) is 17.8 Å². The summed E-state index contributed by atoms with van der Waals surface area (Å²) in [6.07, 6.45) is -4.51. The zero-order valence-electron chi connectivity index (χ0n) is 14.2. The Kier molecular flexibility index (Phi) is 5.91. The number of alkyl halides is 3. The van der Waals surface area contributed by atoms with Gasteiger partial charge in [-0.05, 0) is 27.7 Å². The lowest BCUT2D eigenvalue weighted by Gasteiger charge is -2.23. The Morgan fingerprint density at radius 2 is 1.56 bits per heavy atom. The van der Waals surface area contributed by atoms with E-state index in [0.29, 0.717) is 0 Å². The fraction of sp³-hybridized carbons (Fsp3) is 0.929. The van der Waals surface area contributed by atoms with Gasteiger partial charge in [-0.25, -0.2) is 12.8 Å². The van der Waals surface area contributed by atoms with Crippen LogP contribution in [0, 0.1) is 17.8 Å². The number of rotatable bonds is 8. The standard InChI is InChI=1S/C14H23F3O7S/c1-12(2,19)9-8(10(9)13(3,4)20)11(18)24-6-5-7(15)14(16,17)25(21,22)23/h7-10,19-20H,5-6H2,1-4H3,(H,21,22,23)/p-1. The molecule has 1 aliphatic rings. The molecular weight excluding hydrogens is 369 g/mol. The molecule has 1 aliphatic carbocycles. The number of aliphatic hydroxyl groups is 2. The Balaban J connectivity index is 2.66. The van der Waals surface area contributed by atoms with E-state index in [1.54, 1.807) is 0 Å². The summed E-state index contributed by atoms with van der Waals surface area (Å²) in [5.74, 6) is -3.14. The van der Waals surface area contributed by atoms with Crippen LogP contribution in [0.5, 0.6) is 0 Å². The highest BCUT2D eigenvalue weighted by Crippen LogP contribution is 2.58. The number of hydrogen-bond donors (Lipinski definition) is 2. The maximum Gasteiger partial charge on any atom is 0.364 e. The molecule has 11 heteroatoms. The molecule has 0 saturated heterocycles. The summed E-state index contributed by atoms with van der Waals surface area (Å²) >= 11 is 0. The highest BCUT2D eigenvalue weighted by Gasteiger charge is 2.66. The Bertz CT molecular complexity index is 587. The zero-order chi connectivity index (χ0) is 20.0. The van der Waals surface area contributed by atoms with Gasteiger partial charge in [0.2, 0.25) is 0 Å². The van der Waals surface area contributed by atoms with Crippen LogP contribution in [-0.4, -0.2) is 58.4 Å². The van der Waals surface area contributed by atoms with E-state index in [4.69, 9.17) is 0 Å². The first-order valence-corrected chi connectivity index (χ1v) is 8.92. The highest BCUT2D eigenvalue weighted by molar-refractivity contribution is 7.86. The van der Waals surface area contributed by atoms with Gasteiger partial charge in [0.25, 0.3) is 0 Å². The van der Waals surface area contributed by atoms with Crippen molar-refractivity contribution in [2.75, 3.05) is 6.61 Å². The van der Waals surface area contributed by atoms with Crippen LogP contribution >= 0.6 is 0 Å². The van der Waals surface area contributed by atoms with Gasteiger partial charge in [-0.1, -0.05) is 0 Å². The van der Waals surface area contributed by atoms with Crippen LogP contribution in [-0.2, 0) is 19.6 Å². The fourth-order valence-electron chi connectivity index (χ4n) is 3.05. The van der Waals surface area contributed by atoms with Gasteiger partial charge in [-0.15, -0.1) is 0 Å². The van der Waals surface area contributed by atoms with E-state index < -0.39 is 69.5 Å². The molecule has 3 atom stereocenters. The monoisotopic (exact) mass is 391 g/mol. The smallest absolute Gasteiger partial charge is 0.364 e. The normalized spacial score (nSPS) is 26.2. The van der Waals surface area contributed by atoms with Gasteiger partial charge >= 0.3 is 11.2 Å². The number of carbonyl (C=O) groups is 1. The maximum atomic E-state index is 13.3. The van der Waals surface area contributed by atoms with Crippen LogP contribution in [0.1, 0.15) is 34.1 Å². The maximum absolute atomic E-state index is 13.3. The molecule has 1 fully saturated rings. The van der Waals surface area contributed by atoms with Gasteiger partial charge in [0.15, 0.2) is 16.3 Å². The quantitative estimate of drug-likeness (QED) is 0.463. The lowest BCUT2D eigenvalue weighted by atomic mass is 9.94. The van der Waals surface area contributed by atoms with E-state index in [0.717, 1.165) is 0 Å². The Morgan fingerprint density at radius 1 is 1.16 bits per heavy atom. The van der Waals surface area contributed by atoms with Gasteiger partial charge < -0.3 is 19.5 Å². The SMILES string of the molecule is CC(C)(O)C1C(C(=O)OCCC(F)C(F)(F)S(=O)(=O)[O-])C1C(C)(C)O. The molecule has 1 rings (SSSR count). The van der Waals surface area contributed by atoms with Crippen molar-refractivity contribution in [3.63, 3.8) is 0 Å². The molecular formula is C14H22F3O7S-. The molecule has 0 aromatic heterocycles. The van der Waals surface area contributed by atoms with Crippen LogP contribution in [0.15, 0.2) is 0 Å². The van der Waals surface area contributed by atoms with Crippen molar-refractivity contribution in [3.05, 3.63) is 0 Å². The van der Waals surface area contributed by atoms with Crippen LogP contribution in [0.2, 0.25) is 0 Å². The van der Waals surface area contributed by atoms with Crippen LogP contribution < -0.4 is 0 Å². The van der Waals surface area contributed by atoms with Crippen LogP contribution in [0.3, 0.4) is 0 Å². The molecule has 0 radical (unpaired) electrons. The van der Waals surface area contributed by atoms with E-state index in [-0.39, 0.29) is 0 Å². The number of halogens is 3. The average molecular weight is 391 g/mol. The molecule has 1 saturated carbocycles. The zero-order valence-corrected chi connectivity index (χ0v) is 15.0. The molecule has 25 heavy (non-hydrogen) atoms.